The summed E-state index contributed by atoms with van der Waals surface area (Å²) in [6.07, 6.45) is 3.89. The predicted octanol–water partition coefficient (Wildman–Crippen LogP) is 1.02. The molecular formula is C10H21ClN2O2S. The lowest BCUT2D eigenvalue weighted by molar-refractivity contribution is 0.329. The van der Waals surface area contributed by atoms with Crippen molar-refractivity contribution in [3.8, 4) is 0 Å². The minimum absolute atomic E-state index is 0.187. The summed E-state index contributed by atoms with van der Waals surface area (Å²) in [7, 11) is -1.05. The van der Waals surface area contributed by atoms with Gasteiger partial charge in [0.1, 0.15) is 0 Å². The molecule has 6 heteroatoms. The molecule has 1 fully saturated rings. The average molecular weight is 269 g/mol. The van der Waals surface area contributed by atoms with Crippen molar-refractivity contribution in [2.75, 3.05) is 31.8 Å². The summed E-state index contributed by atoms with van der Waals surface area (Å²) in [4.78, 5) is 2.21. The van der Waals surface area contributed by atoms with Crippen LogP contribution in [0.4, 0.5) is 0 Å². The largest absolute Gasteiger partial charge is 0.302 e. The summed E-state index contributed by atoms with van der Waals surface area (Å²) in [5, 5.41) is 0. The van der Waals surface area contributed by atoms with E-state index in [1.54, 1.807) is 0 Å². The van der Waals surface area contributed by atoms with Crippen LogP contribution in [0.1, 0.15) is 25.7 Å². The monoisotopic (exact) mass is 268 g/mol. The smallest absolute Gasteiger partial charge is 0.211 e. The molecule has 0 aromatic heterocycles. The minimum Gasteiger partial charge on any atom is -0.302 e. The maximum Gasteiger partial charge on any atom is 0.211 e. The SMILES string of the molecule is CN(CCNS(=O)(=O)CCCCCl)C1CC1. The van der Waals surface area contributed by atoms with Crippen molar-refractivity contribution in [1.82, 2.24) is 9.62 Å². The van der Waals surface area contributed by atoms with E-state index in [2.05, 4.69) is 9.62 Å². The molecule has 1 saturated carbocycles. The van der Waals surface area contributed by atoms with Gasteiger partial charge in [0.25, 0.3) is 0 Å². The van der Waals surface area contributed by atoms with Gasteiger partial charge < -0.3 is 4.90 Å². The van der Waals surface area contributed by atoms with E-state index in [1.807, 2.05) is 7.05 Å². The summed E-state index contributed by atoms with van der Waals surface area (Å²) in [6, 6.07) is 0.681. The number of hydrogen-bond donors (Lipinski definition) is 1. The van der Waals surface area contributed by atoms with Gasteiger partial charge in [-0.1, -0.05) is 0 Å². The topological polar surface area (TPSA) is 49.4 Å². The minimum atomic E-state index is -3.09. The third kappa shape index (κ3) is 6.03. The molecule has 1 rings (SSSR count). The lowest BCUT2D eigenvalue weighted by atomic mass is 10.4. The molecule has 0 heterocycles. The van der Waals surface area contributed by atoms with Crippen molar-refractivity contribution in [3.05, 3.63) is 0 Å². The molecule has 1 aliphatic carbocycles. The van der Waals surface area contributed by atoms with Gasteiger partial charge in [0, 0.05) is 25.0 Å². The molecule has 4 nitrogen and oxygen atoms in total. The van der Waals surface area contributed by atoms with E-state index >= 15 is 0 Å². The maximum atomic E-state index is 11.5. The Kier molecular flexibility index (Phi) is 6.03. The number of likely N-dealkylation sites (N-methyl/N-ethyl adjacent to an activating group) is 1. The highest BCUT2D eigenvalue weighted by molar-refractivity contribution is 7.89. The van der Waals surface area contributed by atoms with Crippen molar-refractivity contribution >= 4 is 21.6 Å². The van der Waals surface area contributed by atoms with Gasteiger partial charge in [-0.2, -0.15) is 0 Å². The van der Waals surface area contributed by atoms with E-state index in [0.29, 0.717) is 24.9 Å². The van der Waals surface area contributed by atoms with Gasteiger partial charge in [0.05, 0.1) is 5.75 Å². The van der Waals surface area contributed by atoms with Crippen LogP contribution in [0.2, 0.25) is 0 Å². The molecule has 96 valence electrons. The number of sulfonamides is 1. The fourth-order valence-electron chi connectivity index (χ4n) is 1.53. The standard InChI is InChI=1S/C10H21ClN2O2S/c1-13(10-4-5-10)8-7-12-16(14,15)9-3-2-6-11/h10,12H,2-9H2,1H3. The zero-order chi connectivity index (χ0) is 12.0. The first-order valence-corrected chi connectivity index (χ1v) is 7.97. The zero-order valence-electron chi connectivity index (χ0n) is 9.78. The second kappa shape index (κ2) is 6.79. The molecule has 0 aliphatic heterocycles. The molecule has 16 heavy (non-hydrogen) atoms. The van der Waals surface area contributed by atoms with Gasteiger partial charge in [-0.25, -0.2) is 13.1 Å². The van der Waals surface area contributed by atoms with Crippen LogP contribution in [0.25, 0.3) is 0 Å². The lowest BCUT2D eigenvalue weighted by Crippen LogP contribution is -2.35. The number of alkyl halides is 1. The third-order valence-electron chi connectivity index (χ3n) is 2.75. The summed E-state index contributed by atoms with van der Waals surface area (Å²) in [5.41, 5.74) is 0. The molecule has 0 radical (unpaired) electrons. The second-order valence-corrected chi connectivity index (χ2v) is 6.63. The van der Waals surface area contributed by atoms with Crippen molar-refractivity contribution in [2.45, 2.75) is 31.7 Å². The summed E-state index contributed by atoms with van der Waals surface area (Å²) in [5.74, 6) is 0.715. The van der Waals surface area contributed by atoms with Crippen molar-refractivity contribution in [2.24, 2.45) is 0 Å². The Morgan fingerprint density at radius 3 is 2.62 bits per heavy atom. The molecule has 1 aliphatic rings. The normalized spacial score (nSPS) is 16.9. The Labute approximate surface area is 103 Å². The van der Waals surface area contributed by atoms with E-state index in [4.69, 9.17) is 11.6 Å². The van der Waals surface area contributed by atoms with E-state index in [-0.39, 0.29) is 5.75 Å². The van der Waals surface area contributed by atoms with E-state index in [0.717, 1.165) is 13.0 Å². The van der Waals surface area contributed by atoms with E-state index in [9.17, 15) is 8.42 Å². The van der Waals surface area contributed by atoms with Gasteiger partial charge in [-0.15, -0.1) is 11.6 Å². The molecule has 0 amide bonds. The highest BCUT2D eigenvalue weighted by Crippen LogP contribution is 2.24. The Bertz CT molecular complexity index is 291. The fourth-order valence-corrected chi connectivity index (χ4v) is 2.85. The van der Waals surface area contributed by atoms with E-state index in [1.165, 1.54) is 12.8 Å². The van der Waals surface area contributed by atoms with Gasteiger partial charge in [0.15, 0.2) is 0 Å². The van der Waals surface area contributed by atoms with Crippen LogP contribution < -0.4 is 4.72 Å². The van der Waals surface area contributed by atoms with Crippen LogP contribution in [0, 0.1) is 0 Å². The number of rotatable bonds is 9. The molecule has 0 atom stereocenters. The molecule has 1 N–H and O–H groups in total. The van der Waals surface area contributed by atoms with Gasteiger partial charge >= 0.3 is 0 Å². The first-order valence-electron chi connectivity index (χ1n) is 5.79. The number of unbranched alkanes of at least 4 members (excludes halogenated alkanes) is 1. The number of hydrogen-bond acceptors (Lipinski definition) is 3. The Hall–Kier alpha value is 0.160. The van der Waals surface area contributed by atoms with Crippen molar-refractivity contribution in [3.63, 3.8) is 0 Å². The van der Waals surface area contributed by atoms with Crippen molar-refractivity contribution in [1.29, 1.82) is 0 Å². The summed E-state index contributed by atoms with van der Waals surface area (Å²) < 4.78 is 25.6. The number of halogens is 1. The molecule has 0 aromatic rings. The molecular weight excluding hydrogens is 248 g/mol. The molecule has 0 aromatic carbocycles. The van der Waals surface area contributed by atoms with Crippen LogP contribution in [0.3, 0.4) is 0 Å². The Balaban J connectivity index is 2.09. The molecule has 0 spiro atoms. The third-order valence-corrected chi connectivity index (χ3v) is 4.49. The quantitative estimate of drug-likeness (QED) is 0.502. The molecule has 0 unspecified atom stereocenters. The van der Waals surface area contributed by atoms with E-state index < -0.39 is 10.0 Å². The average Bonchev–Trinajstić information content (AvgIpc) is 3.00. The summed E-state index contributed by atoms with van der Waals surface area (Å²) in [6.45, 7) is 1.30. The Morgan fingerprint density at radius 1 is 1.38 bits per heavy atom. The summed E-state index contributed by atoms with van der Waals surface area (Å²) >= 11 is 5.50. The molecule has 0 bridgehead atoms. The second-order valence-electron chi connectivity index (χ2n) is 4.32. The van der Waals surface area contributed by atoms with Crippen LogP contribution in [-0.4, -0.2) is 51.1 Å². The first kappa shape index (κ1) is 14.2. The van der Waals surface area contributed by atoms with Gasteiger partial charge in [-0.05, 0) is 32.7 Å². The number of nitrogens with zero attached hydrogens (tertiary/aromatic N) is 1. The maximum absolute atomic E-state index is 11.5. The first-order chi connectivity index (χ1) is 7.55. The van der Waals surface area contributed by atoms with Gasteiger partial charge in [-0.3, -0.25) is 0 Å². The zero-order valence-corrected chi connectivity index (χ0v) is 11.4. The van der Waals surface area contributed by atoms with Crippen LogP contribution in [-0.2, 0) is 10.0 Å². The van der Waals surface area contributed by atoms with Gasteiger partial charge in [0.2, 0.25) is 10.0 Å². The number of nitrogens with one attached hydrogen (secondary N) is 1. The Morgan fingerprint density at radius 2 is 2.06 bits per heavy atom. The van der Waals surface area contributed by atoms with Crippen molar-refractivity contribution < 1.29 is 8.42 Å². The van der Waals surface area contributed by atoms with Crippen LogP contribution in [0.15, 0.2) is 0 Å². The predicted molar refractivity (Wildman–Crippen MR) is 67.4 cm³/mol. The highest BCUT2D eigenvalue weighted by atomic mass is 35.5. The fraction of sp³-hybridized carbons (Fsp3) is 1.00. The lowest BCUT2D eigenvalue weighted by Gasteiger charge is -2.15. The van der Waals surface area contributed by atoms with Crippen LogP contribution >= 0.6 is 11.6 Å². The van der Waals surface area contributed by atoms with Crippen LogP contribution in [0.5, 0.6) is 0 Å². The molecule has 0 saturated heterocycles. The highest BCUT2D eigenvalue weighted by Gasteiger charge is 2.25.